The number of ether oxygens (including phenoxy) is 1. The van der Waals surface area contributed by atoms with Crippen molar-refractivity contribution in [1.82, 2.24) is 25.0 Å². The number of para-hydroxylation sites is 1. The number of hydrogen-bond acceptors (Lipinski definition) is 9. The smallest absolute Gasteiger partial charge is 0.355 e. The molecular formula is C18H19N7O4. The fourth-order valence-electron chi connectivity index (χ4n) is 3.52. The average Bonchev–Trinajstić information content (AvgIpc) is 3.17. The van der Waals surface area contributed by atoms with Crippen LogP contribution in [0.4, 0.5) is 11.5 Å². The van der Waals surface area contributed by atoms with Gasteiger partial charge in [-0.15, -0.1) is 5.10 Å². The lowest BCUT2D eigenvalue weighted by Gasteiger charge is -2.31. The summed E-state index contributed by atoms with van der Waals surface area (Å²) in [6.07, 6.45) is 2.37. The van der Waals surface area contributed by atoms with E-state index in [4.69, 9.17) is 4.74 Å². The van der Waals surface area contributed by atoms with Crippen molar-refractivity contribution in [2.75, 3.05) is 24.6 Å². The van der Waals surface area contributed by atoms with Crippen LogP contribution in [0.2, 0.25) is 0 Å². The predicted molar refractivity (Wildman–Crippen MR) is 103 cm³/mol. The van der Waals surface area contributed by atoms with Gasteiger partial charge in [0.2, 0.25) is 11.6 Å². The lowest BCUT2D eigenvalue weighted by molar-refractivity contribution is -0.384. The van der Waals surface area contributed by atoms with Crippen LogP contribution in [0.15, 0.2) is 30.6 Å². The number of benzene rings is 1. The van der Waals surface area contributed by atoms with Crippen LogP contribution in [0.25, 0.3) is 16.9 Å². The van der Waals surface area contributed by atoms with Gasteiger partial charge in [0.15, 0.2) is 0 Å². The summed E-state index contributed by atoms with van der Waals surface area (Å²) in [5.41, 5.74) is 0.983. The van der Waals surface area contributed by atoms with Gasteiger partial charge in [-0.3, -0.25) is 14.9 Å². The lowest BCUT2D eigenvalue weighted by Crippen LogP contribution is -2.38. The Balaban J connectivity index is 1.68. The first-order valence-electron chi connectivity index (χ1n) is 9.32. The largest absolute Gasteiger partial charge is 0.466 e. The van der Waals surface area contributed by atoms with E-state index in [0.717, 1.165) is 0 Å². The van der Waals surface area contributed by atoms with Crippen LogP contribution in [-0.2, 0) is 9.53 Å². The molecule has 0 radical (unpaired) electrons. The van der Waals surface area contributed by atoms with E-state index in [9.17, 15) is 14.9 Å². The van der Waals surface area contributed by atoms with Crippen molar-refractivity contribution in [2.45, 2.75) is 19.8 Å². The third-order valence-electron chi connectivity index (χ3n) is 4.93. The van der Waals surface area contributed by atoms with E-state index < -0.39 is 4.92 Å². The van der Waals surface area contributed by atoms with E-state index in [1.165, 1.54) is 11.0 Å². The van der Waals surface area contributed by atoms with E-state index in [0.29, 0.717) is 43.6 Å². The van der Waals surface area contributed by atoms with Crippen LogP contribution in [0.3, 0.4) is 0 Å². The molecule has 0 atom stereocenters. The monoisotopic (exact) mass is 397 g/mol. The molecule has 3 aromatic rings. The molecule has 0 aliphatic carbocycles. The van der Waals surface area contributed by atoms with Gasteiger partial charge in [-0.1, -0.05) is 17.3 Å². The van der Waals surface area contributed by atoms with Crippen molar-refractivity contribution in [3.63, 3.8) is 0 Å². The van der Waals surface area contributed by atoms with Gasteiger partial charge in [0.25, 0.3) is 0 Å². The van der Waals surface area contributed by atoms with Gasteiger partial charge in [0, 0.05) is 13.1 Å². The number of nitrogens with zero attached hydrogens (tertiary/aromatic N) is 7. The van der Waals surface area contributed by atoms with Crippen LogP contribution in [0.1, 0.15) is 19.8 Å². The number of carbonyl (C=O) groups is 1. The van der Waals surface area contributed by atoms with Gasteiger partial charge < -0.3 is 9.64 Å². The molecule has 2 aromatic heterocycles. The van der Waals surface area contributed by atoms with Gasteiger partial charge in [0.1, 0.15) is 11.8 Å². The quantitative estimate of drug-likeness (QED) is 0.360. The number of carbonyl (C=O) groups excluding carboxylic acids is 1. The Hall–Kier alpha value is -3.63. The first-order valence-corrected chi connectivity index (χ1v) is 9.32. The standard InChI is InChI=1S/C18H19N7O4/c1-2-29-18(26)12-7-9-23(10-8-12)16-15(25(27)28)17(20-11-19-16)24-14-6-4-3-5-13(14)21-22-24/h3-6,11-12H,2,7-10H2,1H3. The summed E-state index contributed by atoms with van der Waals surface area (Å²) in [4.78, 5) is 33.5. The molecule has 0 spiro atoms. The molecule has 1 saturated heterocycles. The summed E-state index contributed by atoms with van der Waals surface area (Å²) >= 11 is 0. The maximum Gasteiger partial charge on any atom is 0.355 e. The zero-order valence-corrected chi connectivity index (χ0v) is 15.8. The van der Waals surface area contributed by atoms with Crippen LogP contribution in [0, 0.1) is 16.0 Å². The fourth-order valence-corrected chi connectivity index (χ4v) is 3.52. The number of anilines is 1. The minimum atomic E-state index is -0.501. The van der Waals surface area contributed by atoms with Crippen molar-refractivity contribution >= 4 is 28.5 Å². The van der Waals surface area contributed by atoms with Gasteiger partial charge in [-0.2, -0.15) is 4.68 Å². The molecule has 11 heteroatoms. The zero-order chi connectivity index (χ0) is 20.4. The Morgan fingerprint density at radius 1 is 1.24 bits per heavy atom. The van der Waals surface area contributed by atoms with Gasteiger partial charge in [-0.05, 0) is 31.9 Å². The van der Waals surface area contributed by atoms with Gasteiger partial charge in [-0.25, -0.2) is 9.97 Å². The highest BCUT2D eigenvalue weighted by atomic mass is 16.6. The molecule has 1 fully saturated rings. The number of piperidine rings is 1. The lowest BCUT2D eigenvalue weighted by atomic mass is 9.97. The van der Waals surface area contributed by atoms with Crippen molar-refractivity contribution in [2.24, 2.45) is 5.92 Å². The highest BCUT2D eigenvalue weighted by Crippen LogP contribution is 2.34. The summed E-state index contributed by atoms with van der Waals surface area (Å²) in [7, 11) is 0. The molecule has 0 N–H and O–H groups in total. The molecule has 1 aliphatic rings. The van der Waals surface area contributed by atoms with Crippen LogP contribution >= 0.6 is 0 Å². The molecule has 29 heavy (non-hydrogen) atoms. The molecule has 1 aliphatic heterocycles. The second-order valence-corrected chi connectivity index (χ2v) is 6.63. The minimum absolute atomic E-state index is 0.0567. The molecule has 0 unspecified atom stereocenters. The SMILES string of the molecule is CCOC(=O)C1CCN(c2ncnc(-n3nnc4ccccc43)c2[N+](=O)[O-])CC1. The fraction of sp³-hybridized carbons (Fsp3) is 0.389. The first-order chi connectivity index (χ1) is 14.1. The summed E-state index contributed by atoms with van der Waals surface area (Å²) in [5.74, 6) is -0.159. The van der Waals surface area contributed by atoms with Crippen molar-refractivity contribution < 1.29 is 14.5 Å². The van der Waals surface area contributed by atoms with Gasteiger partial charge >= 0.3 is 11.7 Å². The third-order valence-corrected chi connectivity index (χ3v) is 4.93. The summed E-state index contributed by atoms with van der Waals surface area (Å²) in [6.45, 7) is 3.02. The maximum atomic E-state index is 12.0. The number of hydrogen-bond donors (Lipinski definition) is 0. The van der Waals surface area contributed by atoms with E-state index in [2.05, 4.69) is 20.3 Å². The Morgan fingerprint density at radius 3 is 2.69 bits per heavy atom. The molecule has 11 nitrogen and oxygen atoms in total. The Labute approximate surface area is 165 Å². The Bertz CT molecular complexity index is 1060. The summed E-state index contributed by atoms with van der Waals surface area (Å²) < 4.78 is 6.43. The number of nitro groups is 1. The second-order valence-electron chi connectivity index (χ2n) is 6.63. The van der Waals surface area contributed by atoms with E-state index in [-0.39, 0.29) is 29.2 Å². The topological polar surface area (TPSA) is 129 Å². The first kappa shape index (κ1) is 18.7. The highest BCUT2D eigenvalue weighted by molar-refractivity contribution is 5.78. The molecular weight excluding hydrogens is 378 g/mol. The summed E-state index contributed by atoms with van der Waals surface area (Å²) in [5, 5.41) is 20.0. The number of esters is 1. The maximum absolute atomic E-state index is 12.0. The van der Waals surface area contributed by atoms with E-state index in [1.807, 2.05) is 6.07 Å². The molecule has 150 valence electrons. The molecule has 4 rings (SSSR count). The Morgan fingerprint density at radius 2 is 1.97 bits per heavy atom. The number of rotatable bonds is 5. The molecule has 0 saturated carbocycles. The molecule has 0 bridgehead atoms. The molecule has 3 heterocycles. The average molecular weight is 397 g/mol. The van der Waals surface area contributed by atoms with Crippen molar-refractivity contribution in [3.05, 3.63) is 40.7 Å². The minimum Gasteiger partial charge on any atom is -0.466 e. The van der Waals surface area contributed by atoms with E-state index >= 15 is 0 Å². The van der Waals surface area contributed by atoms with Crippen molar-refractivity contribution in [1.29, 1.82) is 0 Å². The van der Waals surface area contributed by atoms with E-state index in [1.54, 1.807) is 30.0 Å². The second kappa shape index (κ2) is 7.78. The molecule has 0 amide bonds. The summed E-state index contributed by atoms with van der Waals surface area (Å²) in [6, 6.07) is 7.16. The number of aromatic nitrogens is 5. The van der Waals surface area contributed by atoms with Crippen LogP contribution < -0.4 is 4.90 Å². The number of fused-ring (bicyclic) bond motifs is 1. The van der Waals surface area contributed by atoms with Crippen LogP contribution in [-0.4, -0.2) is 55.6 Å². The normalized spacial score (nSPS) is 14.9. The predicted octanol–water partition coefficient (Wildman–Crippen LogP) is 1.90. The highest BCUT2D eigenvalue weighted by Gasteiger charge is 2.33. The van der Waals surface area contributed by atoms with Gasteiger partial charge in [0.05, 0.1) is 23.0 Å². The van der Waals surface area contributed by atoms with Crippen molar-refractivity contribution in [3.8, 4) is 5.82 Å². The third kappa shape index (κ3) is 3.46. The molecule has 1 aromatic carbocycles. The Kier molecular flexibility index (Phi) is 5.02. The zero-order valence-electron chi connectivity index (χ0n) is 15.8. The van der Waals surface area contributed by atoms with Crippen LogP contribution in [0.5, 0.6) is 0 Å².